The van der Waals surface area contributed by atoms with Gasteiger partial charge in [0.1, 0.15) is 0 Å². The number of anilines is 1. The monoisotopic (exact) mass is 269 g/mol. The van der Waals surface area contributed by atoms with E-state index in [0.29, 0.717) is 18.3 Å². The first-order chi connectivity index (χ1) is 8.40. The fraction of sp³-hybridized carbons (Fsp3) is 0.667. The van der Waals surface area contributed by atoms with Gasteiger partial charge in [0.25, 0.3) is 5.91 Å². The highest BCUT2D eigenvalue weighted by molar-refractivity contribution is 7.15. The molecular weight excluding hydrogens is 250 g/mol. The zero-order valence-electron chi connectivity index (χ0n) is 11.2. The molecule has 6 heteroatoms. The summed E-state index contributed by atoms with van der Waals surface area (Å²) in [6.07, 6.45) is 0. The first-order valence-corrected chi connectivity index (χ1v) is 6.80. The number of nitrogens with one attached hydrogen (secondary N) is 1. The van der Waals surface area contributed by atoms with Crippen molar-refractivity contribution in [2.75, 3.05) is 32.1 Å². The first-order valence-electron chi connectivity index (χ1n) is 5.99. The zero-order valence-corrected chi connectivity index (χ0v) is 12.1. The Morgan fingerprint density at radius 3 is 2.83 bits per heavy atom. The molecule has 0 spiro atoms. The van der Waals surface area contributed by atoms with Crippen molar-refractivity contribution in [1.82, 2.24) is 9.88 Å². The third-order valence-electron chi connectivity index (χ3n) is 3.19. The van der Waals surface area contributed by atoms with E-state index < -0.39 is 5.60 Å². The number of nitrogens with zero attached hydrogens (tertiary/aromatic N) is 2. The van der Waals surface area contributed by atoms with Crippen molar-refractivity contribution in [2.45, 2.75) is 26.4 Å². The lowest BCUT2D eigenvalue weighted by atomic mass is 10.0. The van der Waals surface area contributed by atoms with Crippen LogP contribution in [0.5, 0.6) is 0 Å². The van der Waals surface area contributed by atoms with Crippen LogP contribution >= 0.6 is 11.3 Å². The third kappa shape index (κ3) is 2.71. The van der Waals surface area contributed by atoms with Crippen LogP contribution in [0.25, 0.3) is 0 Å². The van der Waals surface area contributed by atoms with Gasteiger partial charge in [-0.2, -0.15) is 0 Å². The van der Waals surface area contributed by atoms with E-state index in [-0.39, 0.29) is 5.91 Å². The van der Waals surface area contributed by atoms with Crippen LogP contribution in [0.4, 0.5) is 5.13 Å². The number of amides is 1. The summed E-state index contributed by atoms with van der Waals surface area (Å²) < 4.78 is 5.63. The van der Waals surface area contributed by atoms with Crippen LogP contribution in [0.3, 0.4) is 0 Å². The maximum absolute atomic E-state index is 12.3. The van der Waals surface area contributed by atoms with Gasteiger partial charge in [-0.1, -0.05) is 0 Å². The van der Waals surface area contributed by atoms with Gasteiger partial charge in [-0.25, -0.2) is 4.98 Å². The van der Waals surface area contributed by atoms with E-state index in [2.05, 4.69) is 15.2 Å². The summed E-state index contributed by atoms with van der Waals surface area (Å²) in [7, 11) is 1.99. The van der Waals surface area contributed by atoms with Gasteiger partial charge < -0.3 is 9.64 Å². The Kier molecular flexibility index (Phi) is 3.70. The van der Waals surface area contributed by atoms with Crippen LogP contribution in [0, 0.1) is 13.8 Å². The number of carbonyl (C=O) groups excluding carboxylic acids is 1. The SMILES string of the molecule is Cc1nc(NC(=O)[C@]2(C)CN(C)CCO2)sc1C. The maximum atomic E-state index is 12.3. The molecule has 100 valence electrons. The normalized spacial score (nSPS) is 25.1. The predicted octanol–water partition coefficient (Wildman–Crippen LogP) is 1.42. The van der Waals surface area contributed by atoms with Gasteiger partial charge in [0.05, 0.1) is 12.3 Å². The number of carbonyl (C=O) groups is 1. The Labute approximate surface area is 111 Å². The standard InChI is InChI=1S/C12H19N3O2S/c1-8-9(2)18-11(13-8)14-10(16)12(3)7-15(4)5-6-17-12/h5-7H2,1-4H3,(H,13,14,16)/t12-/m0/s1. The summed E-state index contributed by atoms with van der Waals surface area (Å²) in [5, 5.41) is 3.50. The molecule has 5 nitrogen and oxygen atoms in total. The molecule has 0 saturated carbocycles. The Bertz CT molecular complexity index is 441. The lowest BCUT2D eigenvalue weighted by molar-refractivity contribution is -0.149. The maximum Gasteiger partial charge on any atom is 0.259 e. The number of morpholine rings is 1. The molecule has 0 unspecified atom stereocenters. The number of hydrogen-bond acceptors (Lipinski definition) is 5. The second-order valence-electron chi connectivity index (χ2n) is 4.93. The number of aromatic nitrogens is 1. The van der Waals surface area contributed by atoms with Gasteiger partial charge >= 0.3 is 0 Å². The van der Waals surface area contributed by atoms with Crippen LogP contribution in [0.1, 0.15) is 17.5 Å². The fourth-order valence-corrected chi connectivity index (χ4v) is 2.77. The molecule has 18 heavy (non-hydrogen) atoms. The molecule has 0 bridgehead atoms. The number of aryl methyl sites for hydroxylation is 2. The third-order valence-corrected chi connectivity index (χ3v) is 4.18. The predicted molar refractivity (Wildman–Crippen MR) is 72.1 cm³/mol. The average molecular weight is 269 g/mol. The fourth-order valence-electron chi connectivity index (χ4n) is 1.96. The molecule has 1 amide bonds. The highest BCUT2D eigenvalue weighted by Gasteiger charge is 2.38. The number of likely N-dealkylation sites (N-methyl/N-ethyl adjacent to an activating group) is 1. The molecule has 0 aliphatic carbocycles. The molecule has 1 saturated heterocycles. The molecular formula is C12H19N3O2S. The van der Waals surface area contributed by atoms with Gasteiger partial charge in [0.15, 0.2) is 10.7 Å². The van der Waals surface area contributed by atoms with E-state index in [4.69, 9.17) is 4.74 Å². The number of thiazole rings is 1. The summed E-state index contributed by atoms with van der Waals surface area (Å²) in [5.74, 6) is -0.122. The molecule has 1 atom stereocenters. The highest BCUT2D eigenvalue weighted by atomic mass is 32.1. The summed E-state index contributed by atoms with van der Waals surface area (Å²) in [6.45, 7) is 7.80. The van der Waals surface area contributed by atoms with E-state index in [0.717, 1.165) is 17.1 Å². The van der Waals surface area contributed by atoms with E-state index in [1.807, 2.05) is 27.8 Å². The molecule has 2 rings (SSSR count). The van der Waals surface area contributed by atoms with Gasteiger partial charge in [-0.3, -0.25) is 10.1 Å². The number of hydrogen-bond donors (Lipinski definition) is 1. The van der Waals surface area contributed by atoms with Crippen LogP contribution in [-0.4, -0.2) is 48.1 Å². The van der Waals surface area contributed by atoms with Gasteiger partial charge in [-0.15, -0.1) is 11.3 Å². The molecule has 2 heterocycles. The number of rotatable bonds is 2. The molecule has 1 fully saturated rings. The average Bonchev–Trinajstić information content (AvgIpc) is 2.57. The van der Waals surface area contributed by atoms with E-state index in [9.17, 15) is 4.79 Å². The molecule has 1 aromatic rings. The Morgan fingerprint density at radius 1 is 1.56 bits per heavy atom. The quantitative estimate of drug-likeness (QED) is 0.882. The van der Waals surface area contributed by atoms with E-state index >= 15 is 0 Å². The molecule has 0 aromatic carbocycles. The smallest absolute Gasteiger partial charge is 0.259 e. The second-order valence-corrected chi connectivity index (χ2v) is 6.14. The minimum absolute atomic E-state index is 0.122. The molecule has 1 aliphatic heterocycles. The van der Waals surface area contributed by atoms with Crippen molar-refractivity contribution in [3.05, 3.63) is 10.6 Å². The zero-order chi connectivity index (χ0) is 13.3. The van der Waals surface area contributed by atoms with Crippen LogP contribution < -0.4 is 5.32 Å². The second kappa shape index (κ2) is 4.95. The van der Waals surface area contributed by atoms with E-state index in [1.165, 1.54) is 11.3 Å². The molecule has 1 N–H and O–H groups in total. The lowest BCUT2D eigenvalue weighted by Crippen LogP contribution is -2.55. The topological polar surface area (TPSA) is 54.5 Å². The minimum Gasteiger partial charge on any atom is -0.363 e. The van der Waals surface area contributed by atoms with Crippen molar-refractivity contribution in [3.63, 3.8) is 0 Å². The molecule has 1 aromatic heterocycles. The van der Waals surface area contributed by atoms with Crippen molar-refractivity contribution in [3.8, 4) is 0 Å². The summed E-state index contributed by atoms with van der Waals surface area (Å²) in [6, 6.07) is 0. The first kappa shape index (κ1) is 13.5. The van der Waals surface area contributed by atoms with Gasteiger partial charge in [0.2, 0.25) is 0 Å². The summed E-state index contributed by atoms with van der Waals surface area (Å²) in [5.41, 5.74) is 0.169. The van der Waals surface area contributed by atoms with Crippen LogP contribution in [0.15, 0.2) is 0 Å². The Morgan fingerprint density at radius 2 is 2.28 bits per heavy atom. The molecule has 0 radical (unpaired) electrons. The summed E-state index contributed by atoms with van der Waals surface area (Å²) in [4.78, 5) is 19.8. The largest absolute Gasteiger partial charge is 0.363 e. The lowest BCUT2D eigenvalue weighted by Gasteiger charge is -2.37. The van der Waals surface area contributed by atoms with Gasteiger partial charge in [-0.05, 0) is 27.8 Å². The van der Waals surface area contributed by atoms with Crippen LogP contribution in [0.2, 0.25) is 0 Å². The summed E-state index contributed by atoms with van der Waals surface area (Å²) >= 11 is 1.49. The Balaban J connectivity index is 2.07. The van der Waals surface area contributed by atoms with E-state index in [1.54, 1.807) is 0 Å². The van der Waals surface area contributed by atoms with Gasteiger partial charge in [0, 0.05) is 18.0 Å². The molecule has 1 aliphatic rings. The van der Waals surface area contributed by atoms with Crippen molar-refractivity contribution >= 4 is 22.4 Å². The highest BCUT2D eigenvalue weighted by Crippen LogP contribution is 2.24. The van der Waals surface area contributed by atoms with Crippen LogP contribution in [-0.2, 0) is 9.53 Å². The number of ether oxygens (including phenoxy) is 1. The van der Waals surface area contributed by atoms with Crippen molar-refractivity contribution in [2.24, 2.45) is 0 Å². The Hall–Kier alpha value is -0.980. The van der Waals surface area contributed by atoms with Crippen molar-refractivity contribution < 1.29 is 9.53 Å². The van der Waals surface area contributed by atoms with Crippen molar-refractivity contribution in [1.29, 1.82) is 0 Å². The minimum atomic E-state index is -0.791.